The lowest BCUT2D eigenvalue weighted by Gasteiger charge is -2.46. The highest BCUT2D eigenvalue weighted by Gasteiger charge is 2.48. The predicted octanol–water partition coefficient (Wildman–Crippen LogP) is 16.0. The van der Waals surface area contributed by atoms with Crippen LogP contribution in [0.15, 0.2) is 176 Å². The van der Waals surface area contributed by atoms with Gasteiger partial charge in [0.05, 0.1) is 0 Å². The van der Waals surface area contributed by atoms with E-state index in [-0.39, 0.29) is 28.4 Å². The second-order valence-corrected chi connectivity index (χ2v) is 23.4. The molecule has 8 aromatic rings. The first-order valence-electron chi connectivity index (χ1n) is 25.4. The van der Waals surface area contributed by atoms with Crippen LogP contribution in [-0.2, 0) is 21.7 Å². The van der Waals surface area contributed by atoms with Gasteiger partial charge in [-0.3, -0.25) is 0 Å². The molecule has 2 aliphatic heterocycles. The van der Waals surface area contributed by atoms with E-state index >= 15 is 0 Å². The molecule has 0 radical (unpaired) electrons. The molecule has 2 heterocycles. The van der Waals surface area contributed by atoms with Crippen molar-refractivity contribution in [2.45, 2.75) is 110 Å². The van der Waals surface area contributed by atoms with Crippen molar-refractivity contribution in [3.05, 3.63) is 204 Å². The van der Waals surface area contributed by atoms with E-state index in [2.05, 4.69) is 253 Å². The van der Waals surface area contributed by atoms with E-state index in [0.717, 1.165) is 17.1 Å². The summed E-state index contributed by atoms with van der Waals surface area (Å²) in [5, 5.41) is 0. The SMILES string of the molecule is CC(C)(C)c1ccc(N2c3cc(N(c4ccccc4)c4ccccc4)ccc3B3c4cc(C(C)(C)C)ccc4N(c4ccc5c(c4)C4(CCCC4)c4ccccc4-5)c4cc(C(C)(C)C)cc2c43)cc1. The molecule has 4 heteroatoms. The Hall–Kier alpha value is -6.78. The zero-order chi connectivity index (χ0) is 47.6. The summed E-state index contributed by atoms with van der Waals surface area (Å²) in [7, 11) is 0. The van der Waals surface area contributed by atoms with Crippen molar-refractivity contribution < 1.29 is 0 Å². The Morgan fingerprint density at radius 2 is 0.957 bits per heavy atom. The van der Waals surface area contributed by atoms with Crippen molar-refractivity contribution in [1.82, 2.24) is 0 Å². The van der Waals surface area contributed by atoms with Crippen LogP contribution < -0.4 is 31.1 Å². The number of rotatable bonds is 5. The Morgan fingerprint density at radius 1 is 0.406 bits per heavy atom. The van der Waals surface area contributed by atoms with Crippen LogP contribution in [0.3, 0.4) is 0 Å². The molecular formula is C65H64BN3. The fourth-order valence-electron chi connectivity index (χ4n) is 12.4. The lowest BCUT2D eigenvalue weighted by molar-refractivity contribution is 0.550. The highest BCUT2D eigenvalue weighted by atomic mass is 15.2. The second-order valence-electron chi connectivity index (χ2n) is 23.4. The van der Waals surface area contributed by atoms with Crippen LogP contribution in [0.4, 0.5) is 51.2 Å². The van der Waals surface area contributed by atoms with E-state index < -0.39 is 0 Å². The van der Waals surface area contributed by atoms with Crippen LogP contribution in [0, 0.1) is 0 Å². The highest BCUT2D eigenvalue weighted by Crippen LogP contribution is 2.58. The summed E-state index contributed by atoms with van der Waals surface area (Å²) in [5.74, 6) is 0. The van der Waals surface area contributed by atoms with Gasteiger partial charge in [0, 0.05) is 56.6 Å². The first-order valence-corrected chi connectivity index (χ1v) is 25.4. The van der Waals surface area contributed by atoms with Crippen molar-refractivity contribution in [2.75, 3.05) is 14.7 Å². The molecule has 0 unspecified atom stereocenters. The van der Waals surface area contributed by atoms with Gasteiger partial charge in [0.2, 0.25) is 0 Å². The van der Waals surface area contributed by atoms with Gasteiger partial charge in [-0.15, -0.1) is 0 Å². The number of fused-ring (bicyclic) bond motifs is 9. The Bertz CT molecular complexity index is 3250. The van der Waals surface area contributed by atoms with Crippen LogP contribution in [0.1, 0.15) is 116 Å². The Balaban J connectivity index is 1.16. The van der Waals surface area contributed by atoms with E-state index in [4.69, 9.17) is 0 Å². The molecule has 3 nitrogen and oxygen atoms in total. The normalized spacial score (nSPS) is 15.4. The van der Waals surface area contributed by atoms with Gasteiger partial charge in [0.1, 0.15) is 0 Å². The van der Waals surface area contributed by atoms with Crippen LogP contribution >= 0.6 is 0 Å². The van der Waals surface area contributed by atoms with Crippen molar-refractivity contribution in [3.63, 3.8) is 0 Å². The fourth-order valence-corrected chi connectivity index (χ4v) is 12.4. The zero-order valence-electron chi connectivity index (χ0n) is 42.0. The third kappa shape index (κ3) is 6.92. The molecule has 4 aliphatic rings. The quantitative estimate of drug-likeness (QED) is 0.159. The second kappa shape index (κ2) is 15.6. The molecule has 1 fully saturated rings. The summed E-state index contributed by atoms with van der Waals surface area (Å²) >= 11 is 0. The molecule has 0 atom stereocenters. The summed E-state index contributed by atoms with van der Waals surface area (Å²) in [4.78, 5) is 7.67. The molecule has 0 aromatic heterocycles. The van der Waals surface area contributed by atoms with Crippen molar-refractivity contribution in [1.29, 1.82) is 0 Å². The number of hydrogen-bond donors (Lipinski definition) is 0. The monoisotopic (exact) mass is 898 g/mol. The first kappa shape index (κ1) is 43.5. The largest absolute Gasteiger partial charge is 0.311 e. The van der Waals surface area contributed by atoms with Gasteiger partial charge in [0.25, 0.3) is 6.71 Å². The highest BCUT2D eigenvalue weighted by molar-refractivity contribution is 7.00. The minimum atomic E-state index is -0.127. The third-order valence-electron chi connectivity index (χ3n) is 16.0. The van der Waals surface area contributed by atoms with Gasteiger partial charge in [-0.25, -0.2) is 0 Å². The molecule has 1 saturated carbocycles. The molecule has 12 rings (SSSR count). The fraction of sp³-hybridized carbons (Fsp3) is 0.262. The van der Waals surface area contributed by atoms with Crippen LogP contribution in [0.2, 0.25) is 0 Å². The van der Waals surface area contributed by atoms with Gasteiger partial charge >= 0.3 is 0 Å². The molecule has 1 spiro atoms. The smallest absolute Gasteiger partial charge is 0.252 e. The standard InChI is InChI=1S/C65H64BN3/c1-62(2,3)43-26-29-48(30-27-43)68-58-42-50(67(46-20-12-10-13-21-46)47-22-14-11-15-23-47)32-34-55(58)66-56-38-44(63(4,5)6)28-35-57(56)69(60-40-45(64(7,8)9)39-59(68)61(60)66)49-31-33-52-51-24-16-17-25-53(51)65(54(52)41-49)36-18-19-37-65/h10-17,20-35,38-42H,18-19,36-37H2,1-9H3. The maximum Gasteiger partial charge on any atom is 0.252 e. The van der Waals surface area contributed by atoms with E-state index in [1.807, 2.05) is 0 Å². The number of hydrogen-bond acceptors (Lipinski definition) is 3. The first-order chi connectivity index (χ1) is 33.1. The van der Waals surface area contributed by atoms with Gasteiger partial charge in [-0.05, 0) is 163 Å². The summed E-state index contributed by atoms with van der Waals surface area (Å²) in [6, 6.07) is 67.6. The van der Waals surface area contributed by atoms with E-state index in [0.29, 0.717) is 0 Å². The minimum Gasteiger partial charge on any atom is -0.311 e. The van der Waals surface area contributed by atoms with Crippen molar-refractivity contribution >= 4 is 74.3 Å². The van der Waals surface area contributed by atoms with Gasteiger partial charge in [-0.1, -0.05) is 172 Å². The maximum atomic E-state index is 2.66. The molecule has 0 amide bonds. The number of benzene rings is 8. The number of para-hydroxylation sites is 2. The molecule has 69 heavy (non-hydrogen) atoms. The van der Waals surface area contributed by atoms with Crippen LogP contribution in [0.5, 0.6) is 0 Å². The zero-order valence-corrected chi connectivity index (χ0v) is 42.0. The molecule has 0 N–H and O–H groups in total. The maximum absolute atomic E-state index is 2.66. The van der Waals surface area contributed by atoms with Crippen LogP contribution in [-0.4, -0.2) is 6.71 Å². The summed E-state index contributed by atoms with van der Waals surface area (Å²) < 4.78 is 0. The molecule has 0 saturated heterocycles. The van der Waals surface area contributed by atoms with Gasteiger partial charge in [0.15, 0.2) is 0 Å². The van der Waals surface area contributed by atoms with Crippen molar-refractivity contribution in [2.24, 2.45) is 0 Å². The predicted molar refractivity (Wildman–Crippen MR) is 296 cm³/mol. The molecule has 8 aromatic carbocycles. The average Bonchev–Trinajstić information content (AvgIpc) is 3.94. The Labute approximate surface area is 411 Å². The summed E-state index contributed by atoms with van der Waals surface area (Å²) in [6.45, 7) is 21.1. The average molecular weight is 898 g/mol. The Kier molecular flexibility index (Phi) is 9.85. The number of nitrogens with zero attached hydrogens (tertiary/aromatic N) is 3. The Morgan fingerprint density at radius 3 is 1.58 bits per heavy atom. The minimum absolute atomic E-state index is 0.00604. The van der Waals surface area contributed by atoms with Crippen LogP contribution in [0.25, 0.3) is 11.1 Å². The summed E-state index contributed by atoms with van der Waals surface area (Å²) in [6.07, 6.45) is 4.95. The van der Waals surface area contributed by atoms with E-state index in [9.17, 15) is 0 Å². The lowest BCUT2D eigenvalue weighted by atomic mass is 9.33. The molecule has 2 aliphatic carbocycles. The third-order valence-corrected chi connectivity index (χ3v) is 16.0. The van der Waals surface area contributed by atoms with Gasteiger partial charge < -0.3 is 14.7 Å². The van der Waals surface area contributed by atoms with Gasteiger partial charge in [-0.2, -0.15) is 0 Å². The summed E-state index contributed by atoms with van der Waals surface area (Å²) in [5.41, 5.74) is 24.6. The number of anilines is 9. The van der Waals surface area contributed by atoms with E-state index in [1.165, 1.54) is 115 Å². The lowest BCUT2D eigenvalue weighted by Crippen LogP contribution is -2.61. The molecule has 342 valence electrons. The molecular weight excluding hydrogens is 834 g/mol. The topological polar surface area (TPSA) is 9.72 Å². The van der Waals surface area contributed by atoms with Crippen molar-refractivity contribution in [3.8, 4) is 11.1 Å². The van der Waals surface area contributed by atoms with E-state index in [1.54, 1.807) is 0 Å². The molecule has 0 bridgehead atoms.